The molecule has 34 heavy (non-hydrogen) atoms. The Kier molecular flexibility index (Phi) is 8.80. The van der Waals surface area contributed by atoms with Gasteiger partial charge in [0.25, 0.3) is 11.8 Å². The van der Waals surface area contributed by atoms with E-state index in [1.807, 2.05) is 0 Å². The summed E-state index contributed by atoms with van der Waals surface area (Å²) in [5.74, 6) is -0.482. The number of aryl methyl sites for hydroxylation is 1. The van der Waals surface area contributed by atoms with E-state index in [2.05, 4.69) is 41.4 Å². The zero-order chi connectivity index (χ0) is 23.9. The molecule has 8 nitrogen and oxygen atoms in total. The number of piperidine rings is 1. The maximum atomic E-state index is 13.2. The minimum atomic E-state index is -1.51. The van der Waals surface area contributed by atoms with Crippen molar-refractivity contribution in [3.8, 4) is 0 Å². The van der Waals surface area contributed by atoms with Crippen molar-refractivity contribution in [3.63, 3.8) is 0 Å². The molecule has 3 saturated heterocycles. The molecular weight excluding hydrogens is 434 g/mol. The van der Waals surface area contributed by atoms with Gasteiger partial charge in [-0.15, -0.1) is 0 Å². The standard InChI is InChI=1S/C26H39N3O5/c1-19-7-2-3-9-22(19)28-13-10-20(11-14-28)17-27-25(31)23(30)24-26(32)29-12-6-8-21(29)18-33-15-4-5-16-34-24/h2-3,7,9,20-21,23-24,30H,4-6,8,10-18H2,1H3,(H,27,31)/t21-,23-,24-/m1/s1. The van der Waals surface area contributed by atoms with Crippen molar-refractivity contribution in [2.45, 2.75) is 63.7 Å². The molecule has 1 aromatic rings. The summed E-state index contributed by atoms with van der Waals surface area (Å²) in [6.07, 6.45) is 2.60. The summed E-state index contributed by atoms with van der Waals surface area (Å²) < 4.78 is 11.5. The fourth-order valence-corrected chi connectivity index (χ4v) is 5.28. The molecule has 0 aromatic heterocycles. The normalized spacial score (nSPS) is 26.0. The summed E-state index contributed by atoms with van der Waals surface area (Å²) >= 11 is 0. The molecule has 0 unspecified atom stereocenters. The van der Waals surface area contributed by atoms with Crippen LogP contribution in [-0.2, 0) is 19.1 Å². The molecule has 3 heterocycles. The van der Waals surface area contributed by atoms with Crippen LogP contribution in [0.1, 0.15) is 44.1 Å². The Balaban J connectivity index is 1.29. The summed E-state index contributed by atoms with van der Waals surface area (Å²) in [4.78, 5) is 30.2. The summed E-state index contributed by atoms with van der Waals surface area (Å²) in [6, 6.07) is 8.40. The lowest BCUT2D eigenvalue weighted by molar-refractivity contribution is -0.159. The van der Waals surface area contributed by atoms with Crippen LogP contribution >= 0.6 is 0 Å². The van der Waals surface area contributed by atoms with Gasteiger partial charge in [0, 0.05) is 45.1 Å². The number of para-hydroxylation sites is 1. The molecule has 2 amide bonds. The van der Waals surface area contributed by atoms with Gasteiger partial charge in [-0.3, -0.25) is 9.59 Å². The lowest BCUT2D eigenvalue weighted by Crippen LogP contribution is -2.54. The Morgan fingerprint density at radius 2 is 1.88 bits per heavy atom. The highest BCUT2D eigenvalue weighted by Crippen LogP contribution is 2.26. The minimum Gasteiger partial charge on any atom is -0.380 e. The molecule has 3 fully saturated rings. The number of anilines is 1. The Bertz CT molecular complexity index is 826. The Hall–Kier alpha value is -2.16. The molecule has 1 aromatic carbocycles. The topological polar surface area (TPSA) is 91.3 Å². The number of aliphatic hydroxyl groups is 1. The first-order valence-electron chi connectivity index (χ1n) is 12.8. The smallest absolute Gasteiger partial charge is 0.255 e. The van der Waals surface area contributed by atoms with E-state index in [4.69, 9.17) is 9.47 Å². The molecule has 2 N–H and O–H groups in total. The SMILES string of the molecule is Cc1ccccc1N1CCC(CNC(=O)[C@H](O)[C@H]2OCCCCOC[C@H]3CCCN3C2=O)CC1. The number of aliphatic hydroxyl groups excluding tert-OH is 1. The lowest BCUT2D eigenvalue weighted by Gasteiger charge is -2.35. The van der Waals surface area contributed by atoms with E-state index in [0.29, 0.717) is 38.8 Å². The van der Waals surface area contributed by atoms with Gasteiger partial charge in [0.1, 0.15) is 0 Å². The fourth-order valence-electron chi connectivity index (χ4n) is 5.28. The van der Waals surface area contributed by atoms with E-state index in [1.54, 1.807) is 4.90 Å². The zero-order valence-electron chi connectivity index (χ0n) is 20.3. The first-order chi connectivity index (χ1) is 16.5. The number of carbonyl (C=O) groups excluding carboxylic acids is 2. The first-order valence-corrected chi connectivity index (χ1v) is 12.8. The van der Waals surface area contributed by atoms with Crippen molar-refractivity contribution >= 4 is 17.5 Å². The van der Waals surface area contributed by atoms with E-state index in [-0.39, 0.29) is 11.9 Å². The van der Waals surface area contributed by atoms with Gasteiger partial charge >= 0.3 is 0 Å². The predicted molar refractivity (Wildman–Crippen MR) is 130 cm³/mol. The largest absolute Gasteiger partial charge is 0.380 e. The summed E-state index contributed by atoms with van der Waals surface area (Å²) in [5.41, 5.74) is 2.55. The van der Waals surface area contributed by atoms with Gasteiger partial charge in [-0.1, -0.05) is 18.2 Å². The monoisotopic (exact) mass is 473 g/mol. The van der Waals surface area contributed by atoms with Gasteiger partial charge in [-0.2, -0.15) is 0 Å². The highest BCUT2D eigenvalue weighted by Gasteiger charge is 2.40. The Labute approximate surface area is 202 Å². The van der Waals surface area contributed by atoms with Gasteiger partial charge < -0.3 is 29.7 Å². The van der Waals surface area contributed by atoms with Crippen LogP contribution in [0.3, 0.4) is 0 Å². The Morgan fingerprint density at radius 1 is 1.12 bits per heavy atom. The highest BCUT2D eigenvalue weighted by atomic mass is 16.5. The number of hydrogen-bond donors (Lipinski definition) is 2. The van der Waals surface area contributed by atoms with E-state index < -0.39 is 18.1 Å². The van der Waals surface area contributed by atoms with Crippen molar-refractivity contribution < 1.29 is 24.2 Å². The van der Waals surface area contributed by atoms with E-state index in [9.17, 15) is 14.7 Å². The number of ether oxygens (including phenoxy) is 2. The van der Waals surface area contributed by atoms with Crippen molar-refractivity contribution in [1.82, 2.24) is 10.2 Å². The van der Waals surface area contributed by atoms with Gasteiger partial charge in [0.05, 0.1) is 12.6 Å². The average Bonchev–Trinajstić information content (AvgIpc) is 3.31. The maximum Gasteiger partial charge on any atom is 0.255 e. The summed E-state index contributed by atoms with van der Waals surface area (Å²) in [7, 11) is 0. The summed E-state index contributed by atoms with van der Waals surface area (Å²) in [5, 5.41) is 13.7. The second-order valence-corrected chi connectivity index (χ2v) is 9.81. The second-order valence-electron chi connectivity index (χ2n) is 9.81. The van der Waals surface area contributed by atoms with Crippen LogP contribution in [0.4, 0.5) is 5.69 Å². The Morgan fingerprint density at radius 3 is 2.68 bits per heavy atom. The number of rotatable bonds is 5. The van der Waals surface area contributed by atoms with Gasteiger partial charge in [0.2, 0.25) is 0 Å². The van der Waals surface area contributed by atoms with Gasteiger partial charge in [-0.05, 0) is 63.0 Å². The number of amides is 2. The van der Waals surface area contributed by atoms with E-state index >= 15 is 0 Å². The molecule has 0 aliphatic carbocycles. The third-order valence-corrected chi connectivity index (χ3v) is 7.39. The molecule has 3 atom stereocenters. The summed E-state index contributed by atoms with van der Waals surface area (Å²) in [6.45, 7) is 6.58. The minimum absolute atomic E-state index is 0.00889. The van der Waals surface area contributed by atoms with Crippen molar-refractivity contribution in [3.05, 3.63) is 29.8 Å². The van der Waals surface area contributed by atoms with Crippen molar-refractivity contribution in [2.24, 2.45) is 5.92 Å². The molecule has 3 aliphatic rings. The van der Waals surface area contributed by atoms with Crippen LogP contribution in [-0.4, -0.2) is 86.1 Å². The number of carbonyl (C=O) groups is 2. The zero-order valence-corrected chi connectivity index (χ0v) is 20.3. The molecule has 4 rings (SSSR count). The molecule has 8 heteroatoms. The van der Waals surface area contributed by atoms with Gasteiger partial charge in [-0.25, -0.2) is 0 Å². The van der Waals surface area contributed by atoms with Crippen molar-refractivity contribution in [2.75, 3.05) is 50.9 Å². The van der Waals surface area contributed by atoms with Crippen LogP contribution in [0.5, 0.6) is 0 Å². The van der Waals surface area contributed by atoms with Crippen LogP contribution in [0.15, 0.2) is 24.3 Å². The molecule has 3 aliphatic heterocycles. The number of fused-ring (bicyclic) bond motifs is 1. The van der Waals surface area contributed by atoms with Crippen LogP contribution in [0.2, 0.25) is 0 Å². The molecule has 0 bridgehead atoms. The van der Waals surface area contributed by atoms with Gasteiger partial charge in [0.15, 0.2) is 12.2 Å². The van der Waals surface area contributed by atoms with Crippen molar-refractivity contribution in [1.29, 1.82) is 0 Å². The van der Waals surface area contributed by atoms with E-state index in [1.165, 1.54) is 11.3 Å². The van der Waals surface area contributed by atoms with Crippen LogP contribution < -0.4 is 10.2 Å². The average molecular weight is 474 g/mol. The van der Waals surface area contributed by atoms with Crippen LogP contribution in [0, 0.1) is 12.8 Å². The molecule has 0 radical (unpaired) electrons. The maximum absolute atomic E-state index is 13.2. The predicted octanol–water partition coefficient (Wildman–Crippen LogP) is 1.88. The fraction of sp³-hybridized carbons (Fsp3) is 0.692. The molecule has 0 spiro atoms. The third-order valence-electron chi connectivity index (χ3n) is 7.39. The number of benzene rings is 1. The lowest BCUT2D eigenvalue weighted by atomic mass is 9.95. The van der Waals surface area contributed by atoms with Crippen LogP contribution in [0.25, 0.3) is 0 Å². The van der Waals surface area contributed by atoms with E-state index in [0.717, 1.165) is 51.6 Å². The quantitative estimate of drug-likeness (QED) is 0.679. The molecule has 0 saturated carbocycles. The molecular formula is C26H39N3O5. The first kappa shape index (κ1) is 24.9. The number of hydrogen-bond acceptors (Lipinski definition) is 6. The third kappa shape index (κ3) is 6.09. The number of nitrogens with one attached hydrogen (secondary N) is 1. The second kappa shape index (κ2) is 12.0. The molecule has 188 valence electrons. The highest BCUT2D eigenvalue weighted by molar-refractivity contribution is 5.91. The number of nitrogens with zero attached hydrogens (tertiary/aromatic N) is 2.